The molecule has 2 atom stereocenters. The standard InChI is InChI=1S/C25H19ClN2O2.C25H20N2O2/c26-19-12-10-18(11-13-19)24-15-22(21-8-4-5-9-23(21)28-24)25(30)27-20(16-29)14-17-6-2-1-3-7-17;28-17-20(15-18-9-3-1-4-10-18)26-25(29)22-16-24(19-11-5-2-6-12-19)27-23-14-8-7-13-21(22)23/h1-13,15-16,20H,14H2,(H,27,30);1-14,16-17,20H,15H2,(H,26,29)/t2*20-/m00/s1. The van der Waals surface area contributed by atoms with Crippen molar-refractivity contribution in [1.82, 2.24) is 20.6 Å². The summed E-state index contributed by atoms with van der Waals surface area (Å²) in [6.45, 7) is 0. The van der Waals surface area contributed by atoms with Gasteiger partial charge < -0.3 is 20.2 Å². The van der Waals surface area contributed by atoms with E-state index in [1.165, 1.54) is 0 Å². The van der Waals surface area contributed by atoms with E-state index >= 15 is 0 Å². The molecule has 2 N–H and O–H groups in total. The molecule has 0 bridgehead atoms. The topological polar surface area (TPSA) is 118 Å². The number of nitrogens with one attached hydrogen (secondary N) is 2. The van der Waals surface area contributed by atoms with Crippen molar-refractivity contribution in [2.75, 3.05) is 0 Å². The first-order valence-electron chi connectivity index (χ1n) is 19.1. The van der Waals surface area contributed by atoms with Crippen LogP contribution in [0.25, 0.3) is 44.3 Å². The zero-order valence-corrected chi connectivity index (χ0v) is 32.6. The normalized spacial score (nSPS) is 11.7. The van der Waals surface area contributed by atoms with Crippen LogP contribution in [0.2, 0.25) is 5.02 Å². The number of carbonyl (C=O) groups is 4. The number of aldehydes is 2. The number of rotatable bonds is 12. The second-order valence-electron chi connectivity index (χ2n) is 13.8. The monoisotopic (exact) mass is 794 g/mol. The van der Waals surface area contributed by atoms with Crippen LogP contribution in [-0.4, -0.2) is 46.4 Å². The van der Waals surface area contributed by atoms with Gasteiger partial charge in [0.15, 0.2) is 0 Å². The van der Waals surface area contributed by atoms with Crippen LogP contribution >= 0.6 is 11.6 Å². The highest BCUT2D eigenvalue weighted by Gasteiger charge is 2.20. The molecule has 0 unspecified atom stereocenters. The minimum Gasteiger partial charge on any atom is -0.342 e. The van der Waals surface area contributed by atoms with Crippen molar-refractivity contribution in [3.05, 3.63) is 203 Å². The van der Waals surface area contributed by atoms with Crippen LogP contribution in [0.3, 0.4) is 0 Å². The van der Waals surface area contributed by atoms with Gasteiger partial charge >= 0.3 is 0 Å². The molecule has 6 aromatic carbocycles. The molecule has 0 spiro atoms. The lowest BCUT2D eigenvalue weighted by atomic mass is 10.0. The molecule has 59 heavy (non-hydrogen) atoms. The first-order valence-corrected chi connectivity index (χ1v) is 19.5. The van der Waals surface area contributed by atoms with Gasteiger partial charge in [-0.2, -0.15) is 0 Å². The molecule has 2 amide bonds. The lowest BCUT2D eigenvalue weighted by Gasteiger charge is -2.15. The summed E-state index contributed by atoms with van der Waals surface area (Å²) in [5.41, 5.74) is 7.59. The van der Waals surface area contributed by atoms with Crippen LogP contribution in [0.4, 0.5) is 0 Å². The number of nitrogens with zero attached hydrogens (tertiary/aromatic N) is 2. The lowest BCUT2D eigenvalue weighted by molar-refractivity contribution is -0.110. The van der Waals surface area contributed by atoms with E-state index in [2.05, 4.69) is 10.6 Å². The van der Waals surface area contributed by atoms with E-state index in [1.54, 1.807) is 24.3 Å². The molecule has 9 heteroatoms. The van der Waals surface area contributed by atoms with Gasteiger partial charge in [0.25, 0.3) is 11.8 Å². The van der Waals surface area contributed by atoms with Crippen LogP contribution in [0.15, 0.2) is 176 Å². The van der Waals surface area contributed by atoms with Gasteiger partial charge in [-0.1, -0.05) is 151 Å². The number of para-hydroxylation sites is 2. The molecule has 0 aliphatic rings. The van der Waals surface area contributed by atoms with Crippen LogP contribution in [0, 0.1) is 0 Å². The molecule has 8 rings (SSSR count). The number of hydrogen-bond donors (Lipinski definition) is 2. The fraction of sp³-hybridized carbons (Fsp3) is 0.0800. The number of hydrogen-bond acceptors (Lipinski definition) is 6. The Kier molecular flexibility index (Phi) is 13.0. The van der Waals surface area contributed by atoms with Crippen molar-refractivity contribution in [1.29, 1.82) is 0 Å². The lowest BCUT2D eigenvalue weighted by Crippen LogP contribution is -2.37. The Morgan fingerprint density at radius 1 is 0.492 bits per heavy atom. The number of pyridine rings is 2. The van der Waals surface area contributed by atoms with Gasteiger partial charge in [0.1, 0.15) is 12.6 Å². The maximum absolute atomic E-state index is 13.1. The molecule has 0 aliphatic carbocycles. The second kappa shape index (κ2) is 19.2. The maximum atomic E-state index is 13.1. The first-order chi connectivity index (χ1) is 28.9. The Labute approximate surface area is 346 Å². The van der Waals surface area contributed by atoms with Crippen LogP contribution in [-0.2, 0) is 22.4 Å². The molecule has 0 radical (unpaired) electrons. The Hall–Kier alpha value is -7.29. The van der Waals surface area contributed by atoms with Crippen molar-refractivity contribution in [2.24, 2.45) is 0 Å². The van der Waals surface area contributed by atoms with Gasteiger partial charge in [0, 0.05) is 26.9 Å². The van der Waals surface area contributed by atoms with Crippen molar-refractivity contribution in [3.8, 4) is 22.5 Å². The highest BCUT2D eigenvalue weighted by Crippen LogP contribution is 2.27. The van der Waals surface area contributed by atoms with E-state index < -0.39 is 12.1 Å². The molecule has 0 saturated heterocycles. The summed E-state index contributed by atoms with van der Waals surface area (Å²) in [5, 5.41) is 7.85. The zero-order valence-electron chi connectivity index (χ0n) is 31.9. The van der Waals surface area contributed by atoms with E-state index in [0.29, 0.717) is 40.2 Å². The summed E-state index contributed by atoms with van der Waals surface area (Å²) in [6, 6.07) is 53.6. The van der Waals surface area contributed by atoms with Crippen molar-refractivity contribution in [3.63, 3.8) is 0 Å². The van der Waals surface area contributed by atoms with Crippen molar-refractivity contribution < 1.29 is 19.2 Å². The summed E-state index contributed by atoms with van der Waals surface area (Å²) < 4.78 is 0. The zero-order chi connectivity index (χ0) is 41.0. The number of halogens is 1. The van der Waals surface area contributed by atoms with E-state index in [9.17, 15) is 19.2 Å². The van der Waals surface area contributed by atoms with Crippen LogP contribution in [0.1, 0.15) is 31.8 Å². The molecule has 2 heterocycles. The van der Waals surface area contributed by atoms with Crippen molar-refractivity contribution >= 4 is 57.8 Å². The van der Waals surface area contributed by atoms with Crippen LogP contribution < -0.4 is 10.6 Å². The SMILES string of the molecule is O=C[C@H](Cc1ccccc1)NC(=O)c1cc(-c2ccc(Cl)cc2)nc2ccccc12.O=C[C@H](Cc1ccccc1)NC(=O)c1cc(-c2ccccc2)nc2ccccc12. The molecule has 0 aliphatic heterocycles. The Morgan fingerprint density at radius 3 is 1.29 bits per heavy atom. The third-order valence-corrected chi connectivity index (χ3v) is 9.94. The average Bonchev–Trinajstić information content (AvgIpc) is 3.29. The number of carbonyl (C=O) groups excluding carboxylic acids is 4. The molecule has 0 fully saturated rings. The first kappa shape index (κ1) is 39.9. The molecular weight excluding hydrogens is 756 g/mol. The molecule has 8 nitrogen and oxygen atoms in total. The Balaban J connectivity index is 0.000000179. The van der Waals surface area contributed by atoms with E-state index in [0.717, 1.165) is 56.8 Å². The smallest absolute Gasteiger partial charge is 0.252 e. The molecule has 2 aromatic heterocycles. The summed E-state index contributed by atoms with van der Waals surface area (Å²) >= 11 is 6.00. The number of fused-ring (bicyclic) bond motifs is 2. The summed E-state index contributed by atoms with van der Waals surface area (Å²) in [6.07, 6.45) is 2.44. The van der Waals surface area contributed by atoms with E-state index in [4.69, 9.17) is 21.6 Å². The largest absolute Gasteiger partial charge is 0.342 e. The van der Waals surface area contributed by atoms with Gasteiger partial charge in [0.2, 0.25) is 0 Å². The maximum Gasteiger partial charge on any atom is 0.252 e. The summed E-state index contributed by atoms with van der Waals surface area (Å²) in [4.78, 5) is 58.9. The quantitative estimate of drug-likeness (QED) is 0.119. The van der Waals surface area contributed by atoms with Gasteiger partial charge in [0.05, 0.1) is 45.6 Å². The number of aromatic nitrogens is 2. The fourth-order valence-corrected chi connectivity index (χ4v) is 6.87. The summed E-state index contributed by atoms with van der Waals surface area (Å²) in [5.74, 6) is -0.592. The number of benzene rings is 6. The number of amides is 2. The van der Waals surface area contributed by atoms with Gasteiger partial charge in [-0.3, -0.25) is 9.59 Å². The molecule has 290 valence electrons. The predicted octanol–water partition coefficient (Wildman–Crippen LogP) is 9.54. The summed E-state index contributed by atoms with van der Waals surface area (Å²) in [7, 11) is 0. The van der Waals surface area contributed by atoms with Gasteiger partial charge in [-0.25, -0.2) is 9.97 Å². The van der Waals surface area contributed by atoms with Gasteiger partial charge in [-0.15, -0.1) is 0 Å². The van der Waals surface area contributed by atoms with E-state index in [-0.39, 0.29) is 11.8 Å². The molecule has 8 aromatic rings. The third-order valence-electron chi connectivity index (χ3n) is 9.69. The van der Waals surface area contributed by atoms with Crippen LogP contribution in [0.5, 0.6) is 0 Å². The minimum atomic E-state index is -0.620. The highest BCUT2D eigenvalue weighted by molar-refractivity contribution is 6.30. The predicted molar refractivity (Wildman–Crippen MR) is 234 cm³/mol. The average molecular weight is 795 g/mol. The highest BCUT2D eigenvalue weighted by atomic mass is 35.5. The third kappa shape index (κ3) is 10.2. The minimum absolute atomic E-state index is 0.284. The van der Waals surface area contributed by atoms with Gasteiger partial charge in [-0.05, 0) is 60.4 Å². The molecular formula is C50H39ClN4O4. The fourth-order valence-electron chi connectivity index (χ4n) is 6.75. The second-order valence-corrected chi connectivity index (χ2v) is 14.3. The molecule has 0 saturated carbocycles. The van der Waals surface area contributed by atoms with Crippen molar-refractivity contribution in [2.45, 2.75) is 24.9 Å². The Bertz CT molecular complexity index is 2710. The van der Waals surface area contributed by atoms with E-state index in [1.807, 2.05) is 152 Å². The Morgan fingerprint density at radius 2 is 0.864 bits per heavy atom.